The Balaban J connectivity index is 1.49. The van der Waals surface area contributed by atoms with Gasteiger partial charge in [-0.1, -0.05) is 6.92 Å². The molecule has 3 fully saturated rings. The molecule has 0 radical (unpaired) electrons. The minimum atomic E-state index is -1.46. The summed E-state index contributed by atoms with van der Waals surface area (Å²) in [5.74, 6) is -2.25. The van der Waals surface area contributed by atoms with E-state index < -0.39 is 61.2 Å². The van der Waals surface area contributed by atoms with Crippen molar-refractivity contribution < 1.29 is 61.9 Å². The molecule has 0 N–H and O–H groups in total. The SMILES string of the molecule is CC(=O)OC[C@H]1O[C@@H](Oc2cc3c(cc2C(C)=O)C2CC[C@@]4(C)C(CC[C@H]4OC(C)=O)C2CC3)[C@H](OC(C)=O)[C@@H](OC(C)=O)[C@@H]1OC(C)=O. The summed E-state index contributed by atoms with van der Waals surface area (Å²) >= 11 is 0. The number of ether oxygens (including phenoxy) is 7. The molecule has 268 valence electrons. The number of benzene rings is 1. The van der Waals surface area contributed by atoms with Crippen LogP contribution in [0.4, 0.5) is 0 Å². The van der Waals surface area contributed by atoms with Gasteiger partial charge in [0, 0.05) is 40.0 Å². The molecule has 3 aliphatic carbocycles. The number of hydrogen-bond donors (Lipinski definition) is 0. The smallest absolute Gasteiger partial charge is 0.303 e. The molecule has 1 saturated heterocycles. The molecule has 10 atom stereocenters. The van der Waals surface area contributed by atoms with Gasteiger partial charge in [-0.15, -0.1) is 0 Å². The molecule has 2 saturated carbocycles. The molecular weight excluding hydrogens is 640 g/mol. The van der Waals surface area contributed by atoms with Gasteiger partial charge in [0.2, 0.25) is 12.4 Å². The van der Waals surface area contributed by atoms with Gasteiger partial charge in [-0.3, -0.25) is 28.8 Å². The van der Waals surface area contributed by atoms with Crippen LogP contribution in [0.2, 0.25) is 0 Å². The van der Waals surface area contributed by atoms with Crippen molar-refractivity contribution in [2.24, 2.45) is 17.3 Å². The van der Waals surface area contributed by atoms with Crippen LogP contribution in [0.3, 0.4) is 0 Å². The van der Waals surface area contributed by atoms with E-state index in [1.165, 1.54) is 20.8 Å². The van der Waals surface area contributed by atoms with Crippen molar-refractivity contribution in [2.45, 2.75) is 130 Å². The molecule has 1 aliphatic heterocycles. The van der Waals surface area contributed by atoms with Gasteiger partial charge in [0.05, 0.1) is 5.56 Å². The molecule has 49 heavy (non-hydrogen) atoms. The second-order valence-corrected chi connectivity index (χ2v) is 13.9. The Bertz CT molecular complexity index is 1500. The Morgan fingerprint density at radius 2 is 1.39 bits per heavy atom. The van der Waals surface area contributed by atoms with E-state index in [4.69, 9.17) is 33.2 Å². The normalized spacial score (nSPS) is 33.1. The summed E-state index contributed by atoms with van der Waals surface area (Å²) in [5.41, 5.74) is 2.31. The van der Waals surface area contributed by atoms with E-state index in [2.05, 4.69) is 6.92 Å². The third-order valence-corrected chi connectivity index (χ3v) is 10.6. The van der Waals surface area contributed by atoms with E-state index >= 15 is 0 Å². The highest BCUT2D eigenvalue weighted by atomic mass is 16.7. The highest BCUT2D eigenvalue weighted by Crippen LogP contribution is 2.61. The highest BCUT2D eigenvalue weighted by Gasteiger charge is 2.57. The number of aryl methyl sites for hydroxylation is 1. The van der Waals surface area contributed by atoms with Crippen LogP contribution in [0.1, 0.15) is 108 Å². The summed E-state index contributed by atoms with van der Waals surface area (Å²) in [6.07, 6.45) is -1.64. The lowest BCUT2D eigenvalue weighted by Crippen LogP contribution is -2.63. The minimum absolute atomic E-state index is 0.0913. The first kappa shape index (κ1) is 36.3. The number of carbonyl (C=O) groups excluding carboxylic acids is 6. The first-order valence-corrected chi connectivity index (χ1v) is 16.9. The van der Waals surface area contributed by atoms with E-state index in [1.807, 2.05) is 12.1 Å². The molecule has 0 aromatic heterocycles. The maximum atomic E-state index is 13.2. The molecule has 1 aromatic carbocycles. The van der Waals surface area contributed by atoms with Crippen LogP contribution < -0.4 is 4.74 Å². The van der Waals surface area contributed by atoms with Gasteiger partial charge in [-0.2, -0.15) is 0 Å². The fourth-order valence-corrected chi connectivity index (χ4v) is 8.73. The zero-order valence-electron chi connectivity index (χ0n) is 29.1. The lowest BCUT2D eigenvalue weighted by atomic mass is 9.55. The molecule has 1 aromatic rings. The molecule has 0 spiro atoms. The molecule has 3 unspecified atom stereocenters. The predicted octanol–water partition coefficient (Wildman–Crippen LogP) is 4.14. The second kappa shape index (κ2) is 14.5. The molecule has 5 rings (SSSR count). The van der Waals surface area contributed by atoms with Gasteiger partial charge in [0.25, 0.3) is 0 Å². The minimum Gasteiger partial charge on any atom is -0.463 e. The zero-order chi connectivity index (χ0) is 35.8. The molecule has 0 amide bonds. The summed E-state index contributed by atoms with van der Waals surface area (Å²) in [7, 11) is 0. The average Bonchev–Trinajstić information content (AvgIpc) is 3.33. The van der Waals surface area contributed by atoms with E-state index in [0.29, 0.717) is 17.4 Å². The van der Waals surface area contributed by atoms with Gasteiger partial charge in [-0.25, -0.2) is 0 Å². The van der Waals surface area contributed by atoms with Gasteiger partial charge in [-0.05, 0) is 86.5 Å². The third-order valence-electron chi connectivity index (χ3n) is 10.6. The number of hydrogen-bond acceptors (Lipinski definition) is 13. The Labute approximate surface area is 285 Å². The first-order valence-electron chi connectivity index (χ1n) is 16.9. The topological polar surface area (TPSA) is 167 Å². The number of esters is 5. The number of carbonyl (C=O) groups is 6. The van der Waals surface area contributed by atoms with E-state index in [9.17, 15) is 28.8 Å². The van der Waals surface area contributed by atoms with Crippen molar-refractivity contribution in [1.29, 1.82) is 0 Å². The average molecular weight is 687 g/mol. The Morgan fingerprint density at radius 1 is 0.755 bits per heavy atom. The fraction of sp³-hybridized carbons (Fsp3) is 0.667. The molecule has 0 bridgehead atoms. The Morgan fingerprint density at radius 3 is 2.00 bits per heavy atom. The summed E-state index contributed by atoms with van der Waals surface area (Å²) in [6, 6.07) is 3.71. The summed E-state index contributed by atoms with van der Waals surface area (Å²) < 4.78 is 40.0. The largest absolute Gasteiger partial charge is 0.463 e. The van der Waals surface area contributed by atoms with Crippen LogP contribution >= 0.6 is 0 Å². The van der Waals surface area contributed by atoms with Crippen molar-refractivity contribution in [3.05, 3.63) is 28.8 Å². The fourth-order valence-electron chi connectivity index (χ4n) is 8.73. The van der Waals surface area contributed by atoms with E-state index in [-0.39, 0.29) is 34.9 Å². The molecular formula is C36H46O13. The Kier molecular flexibility index (Phi) is 10.7. The lowest BCUT2D eigenvalue weighted by molar-refractivity contribution is -0.288. The number of rotatable bonds is 9. The highest BCUT2D eigenvalue weighted by molar-refractivity contribution is 5.97. The van der Waals surface area contributed by atoms with Gasteiger partial charge < -0.3 is 33.2 Å². The monoisotopic (exact) mass is 686 g/mol. The Hall–Kier alpha value is -4.00. The number of Topliss-reactive ketones (excluding diaryl/α,β-unsaturated/α-hetero) is 1. The molecule has 13 heteroatoms. The maximum absolute atomic E-state index is 13.2. The van der Waals surface area contributed by atoms with Crippen molar-refractivity contribution in [3.63, 3.8) is 0 Å². The summed E-state index contributed by atoms with van der Waals surface area (Å²) in [4.78, 5) is 73.4. The standard InChI is InChI=1S/C36H46O13/c1-17(37)26-15-27-23(8-9-25-24(27)12-13-36(7)28(25)10-11-31(36)44-19(3)39)14-29(26)48-35-34(47-22(6)42)33(46-21(5)41)32(45-20(4)40)30(49-35)16-43-18(2)38/h14-15,24-25,28,30-35H,8-13,16H2,1-7H3/t24?,25?,28?,30-,31-,32-,33+,34-,35-,36+/m1/s1. The van der Waals surface area contributed by atoms with Crippen LogP contribution in [0, 0.1) is 17.3 Å². The van der Waals surface area contributed by atoms with Crippen LogP contribution in [0.5, 0.6) is 5.75 Å². The zero-order valence-corrected chi connectivity index (χ0v) is 29.1. The van der Waals surface area contributed by atoms with Crippen molar-refractivity contribution in [2.75, 3.05) is 6.61 Å². The quantitative estimate of drug-likeness (QED) is 0.207. The molecule has 4 aliphatic rings. The van der Waals surface area contributed by atoms with Gasteiger partial charge in [0.15, 0.2) is 18.0 Å². The van der Waals surface area contributed by atoms with Crippen molar-refractivity contribution in [3.8, 4) is 5.75 Å². The number of fused-ring (bicyclic) bond motifs is 5. The van der Waals surface area contributed by atoms with Crippen LogP contribution in [0.25, 0.3) is 0 Å². The summed E-state index contributed by atoms with van der Waals surface area (Å²) in [5, 5.41) is 0. The van der Waals surface area contributed by atoms with E-state index in [0.717, 1.165) is 70.4 Å². The van der Waals surface area contributed by atoms with Crippen LogP contribution in [-0.4, -0.2) is 79.0 Å². The van der Waals surface area contributed by atoms with E-state index in [1.54, 1.807) is 0 Å². The maximum Gasteiger partial charge on any atom is 0.303 e. The number of ketones is 1. The van der Waals surface area contributed by atoms with Crippen molar-refractivity contribution in [1.82, 2.24) is 0 Å². The van der Waals surface area contributed by atoms with Crippen LogP contribution in [0.15, 0.2) is 12.1 Å². The summed E-state index contributed by atoms with van der Waals surface area (Å²) in [6.45, 7) is 9.37. The predicted molar refractivity (Wildman–Crippen MR) is 169 cm³/mol. The molecule has 13 nitrogen and oxygen atoms in total. The first-order chi connectivity index (χ1) is 23.1. The van der Waals surface area contributed by atoms with Gasteiger partial charge in [0.1, 0.15) is 24.6 Å². The van der Waals surface area contributed by atoms with Crippen LogP contribution in [-0.2, 0) is 58.8 Å². The second-order valence-electron chi connectivity index (χ2n) is 13.9. The van der Waals surface area contributed by atoms with Gasteiger partial charge >= 0.3 is 29.8 Å². The lowest BCUT2D eigenvalue weighted by Gasteiger charge is -2.50. The molecule has 1 heterocycles. The van der Waals surface area contributed by atoms with Crippen molar-refractivity contribution >= 4 is 35.6 Å². The third kappa shape index (κ3) is 7.61.